The average molecular weight is 896 g/mol. The molecule has 4 aromatic heterocycles. The Morgan fingerprint density at radius 3 is 2.02 bits per heavy atom. The third-order valence-corrected chi connectivity index (χ3v) is 10.1. The first-order valence-electron chi connectivity index (χ1n) is 20.9. The summed E-state index contributed by atoms with van der Waals surface area (Å²) in [4.78, 5) is 55.4. The van der Waals surface area contributed by atoms with Crippen molar-refractivity contribution in [3.05, 3.63) is 176 Å². The maximum absolute atomic E-state index is 12.0. The van der Waals surface area contributed by atoms with Gasteiger partial charge in [0.15, 0.2) is 5.43 Å². The van der Waals surface area contributed by atoms with Crippen LogP contribution in [0.15, 0.2) is 142 Å². The molecule has 0 amide bonds. The second-order valence-electron chi connectivity index (χ2n) is 16.1. The van der Waals surface area contributed by atoms with Crippen LogP contribution in [-0.2, 0) is 25.4 Å². The van der Waals surface area contributed by atoms with E-state index in [9.17, 15) is 19.2 Å². The number of para-hydroxylation sites is 2. The average Bonchev–Trinajstić information content (AvgIpc) is 3.70. The molecule has 0 spiro atoms. The number of pyridine rings is 3. The number of nitrogens with one attached hydrogen (secondary N) is 1. The third kappa shape index (κ3) is 12.7. The van der Waals surface area contributed by atoms with Crippen molar-refractivity contribution in [2.75, 3.05) is 33.4 Å². The predicted octanol–water partition coefficient (Wildman–Crippen LogP) is 8.12. The van der Waals surface area contributed by atoms with E-state index in [-0.39, 0.29) is 16.7 Å². The van der Waals surface area contributed by atoms with E-state index in [1.165, 1.54) is 39.7 Å². The van der Waals surface area contributed by atoms with Crippen LogP contribution in [0, 0.1) is 13.8 Å². The van der Waals surface area contributed by atoms with Crippen LogP contribution in [0.5, 0.6) is 17.2 Å². The molecule has 0 radical (unpaired) electrons. The molecule has 0 bridgehead atoms. The van der Waals surface area contributed by atoms with Crippen LogP contribution in [-0.4, -0.2) is 63.7 Å². The maximum Gasteiger partial charge on any atom is 0.418 e. The Balaban J connectivity index is 0.000000157. The van der Waals surface area contributed by atoms with Gasteiger partial charge < -0.3 is 24.0 Å². The van der Waals surface area contributed by atoms with Crippen LogP contribution in [0.2, 0.25) is 0 Å². The van der Waals surface area contributed by atoms with Crippen LogP contribution in [0.3, 0.4) is 0 Å². The summed E-state index contributed by atoms with van der Waals surface area (Å²) in [5, 5.41) is 4.26. The molecule has 0 atom stereocenters. The molecule has 344 valence electrons. The zero-order chi connectivity index (χ0) is 48.1. The highest BCUT2D eigenvalue weighted by molar-refractivity contribution is 5.88. The monoisotopic (exact) mass is 895 g/mol. The van der Waals surface area contributed by atoms with Crippen LogP contribution in [0.25, 0.3) is 32.7 Å². The number of hydrogen-bond donors (Lipinski definition) is 1. The topological polar surface area (TPSA) is 161 Å². The summed E-state index contributed by atoms with van der Waals surface area (Å²) in [6.45, 7) is 10.3. The molecular formula is C51H57N7O8. The molecule has 66 heavy (non-hydrogen) atoms. The fraction of sp³-hybridized carbons (Fsp3) is 0.255. The molecule has 15 heteroatoms. The second kappa shape index (κ2) is 22.2. The van der Waals surface area contributed by atoms with E-state index in [0.29, 0.717) is 33.3 Å². The number of anilines is 1. The molecule has 1 aliphatic heterocycles. The molecule has 0 saturated carbocycles. The SMILES string of the molecule is CC(C)(C)OC(=O)n1ccc(=O)c2ccccc21.CN1NCc2ccccc21.COc1ccc2nc(C)ccc2c1.COc1cncc(OC)c1.Cc1ccc2c(c1)c(=O)n(C)c(=O)n2C. The lowest BCUT2D eigenvalue weighted by atomic mass is 10.1. The molecule has 0 unspecified atom stereocenters. The van der Waals surface area contributed by atoms with E-state index in [1.54, 1.807) is 104 Å². The van der Waals surface area contributed by atoms with E-state index < -0.39 is 11.7 Å². The number of benzene rings is 4. The van der Waals surface area contributed by atoms with Crippen molar-refractivity contribution in [1.82, 2.24) is 29.1 Å². The van der Waals surface area contributed by atoms with Crippen molar-refractivity contribution in [2.45, 2.75) is 46.8 Å². The number of carbonyl (C=O) groups is 1. The smallest absolute Gasteiger partial charge is 0.418 e. The molecular weight excluding hydrogens is 839 g/mol. The summed E-state index contributed by atoms with van der Waals surface area (Å²) in [6, 6.07) is 33.9. The number of nitrogens with zero attached hydrogens (tertiary/aromatic N) is 6. The Morgan fingerprint density at radius 1 is 0.682 bits per heavy atom. The highest BCUT2D eigenvalue weighted by Gasteiger charge is 2.19. The number of methoxy groups -OCH3 is 3. The highest BCUT2D eigenvalue weighted by Crippen LogP contribution is 2.22. The van der Waals surface area contributed by atoms with Crippen LogP contribution in [0.1, 0.15) is 37.6 Å². The molecule has 0 fully saturated rings. The van der Waals surface area contributed by atoms with E-state index in [1.807, 2.05) is 51.2 Å². The van der Waals surface area contributed by atoms with E-state index in [0.717, 1.165) is 39.0 Å². The third-order valence-electron chi connectivity index (χ3n) is 10.1. The highest BCUT2D eigenvalue weighted by atomic mass is 16.6. The fourth-order valence-corrected chi connectivity index (χ4v) is 6.62. The minimum Gasteiger partial charge on any atom is -0.497 e. The Kier molecular flexibility index (Phi) is 16.6. The standard InChI is InChI=1S/C14H15NO3.C11H12N2O2.C11H11NO.C8H10N2.C7H9NO2/c1-14(2,3)18-13(17)15-9-8-12(16)10-6-4-5-7-11(10)15;1-7-4-5-9-8(6-7)10(14)13(3)11(15)12(9)2;1-8-3-4-9-7-10(13-2)5-6-11(9)12-8;1-10-8-5-3-2-4-7(8)6-9-10;1-9-6-3-7(10-2)5-8-4-6/h4-9H,1-3H3;4-6H,1-3H3;3-7H,1-2H3;2-5,9H,6H2,1H3;3-5H,1-2H3. The van der Waals surface area contributed by atoms with Crippen molar-refractivity contribution in [3.63, 3.8) is 0 Å². The quantitative estimate of drug-likeness (QED) is 0.182. The van der Waals surface area contributed by atoms with Gasteiger partial charge in [-0.05, 0) is 94.8 Å². The zero-order valence-corrected chi connectivity index (χ0v) is 39.3. The number of hydrogen-bond acceptors (Lipinski definition) is 12. The molecule has 8 aromatic rings. The van der Waals surface area contributed by atoms with Crippen molar-refractivity contribution in [3.8, 4) is 17.2 Å². The zero-order valence-electron chi connectivity index (χ0n) is 39.3. The number of fused-ring (bicyclic) bond motifs is 4. The van der Waals surface area contributed by atoms with Crippen LogP contribution >= 0.6 is 0 Å². The van der Waals surface area contributed by atoms with Gasteiger partial charge in [0.25, 0.3) is 5.56 Å². The Labute approximate surface area is 383 Å². The first-order chi connectivity index (χ1) is 31.4. The number of hydrazine groups is 1. The van der Waals surface area contributed by atoms with Gasteiger partial charge >= 0.3 is 11.8 Å². The normalized spacial score (nSPS) is 11.3. The number of aromatic nitrogens is 5. The summed E-state index contributed by atoms with van der Waals surface area (Å²) in [5.74, 6) is 2.29. The lowest BCUT2D eigenvalue weighted by Crippen LogP contribution is -2.36. The van der Waals surface area contributed by atoms with Crippen LogP contribution < -0.4 is 41.3 Å². The Morgan fingerprint density at radius 2 is 1.35 bits per heavy atom. The van der Waals surface area contributed by atoms with Gasteiger partial charge in [0.1, 0.15) is 22.8 Å². The molecule has 15 nitrogen and oxygen atoms in total. The lowest BCUT2D eigenvalue weighted by Gasteiger charge is -2.20. The Bertz CT molecular complexity index is 3120. The summed E-state index contributed by atoms with van der Waals surface area (Å²) in [6.07, 6.45) is 4.21. The Hall–Kier alpha value is -7.78. The second-order valence-corrected chi connectivity index (χ2v) is 16.1. The maximum atomic E-state index is 12.0. The van der Waals surface area contributed by atoms with Crippen LogP contribution in [0.4, 0.5) is 10.5 Å². The summed E-state index contributed by atoms with van der Waals surface area (Å²) in [5.41, 5.74) is 8.98. The van der Waals surface area contributed by atoms with Gasteiger partial charge in [0.05, 0.1) is 61.3 Å². The van der Waals surface area contributed by atoms with Gasteiger partial charge in [0, 0.05) is 62.5 Å². The molecule has 1 aliphatic rings. The molecule has 5 heterocycles. The van der Waals surface area contributed by atoms with Gasteiger partial charge in [0.2, 0.25) is 0 Å². The number of carbonyl (C=O) groups excluding carboxylic acids is 1. The number of aryl methyl sites for hydroxylation is 3. The molecule has 9 rings (SSSR count). The van der Waals surface area contributed by atoms with Crippen molar-refractivity contribution in [1.29, 1.82) is 0 Å². The predicted molar refractivity (Wildman–Crippen MR) is 261 cm³/mol. The van der Waals surface area contributed by atoms with E-state index >= 15 is 0 Å². The number of rotatable bonds is 3. The summed E-state index contributed by atoms with van der Waals surface area (Å²) < 4.78 is 24.2. The van der Waals surface area contributed by atoms with Crippen molar-refractivity contribution in [2.24, 2.45) is 14.1 Å². The molecule has 1 N–H and O–H groups in total. The van der Waals surface area contributed by atoms with E-state index in [2.05, 4.69) is 50.7 Å². The minimum absolute atomic E-state index is 0.106. The molecule has 0 aliphatic carbocycles. The fourth-order valence-electron chi connectivity index (χ4n) is 6.62. The minimum atomic E-state index is -0.568. The summed E-state index contributed by atoms with van der Waals surface area (Å²) >= 11 is 0. The van der Waals surface area contributed by atoms with E-state index in [4.69, 9.17) is 18.9 Å². The summed E-state index contributed by atoms with van der Waals surface area (Å²) in [7, 11) is 10.0. The lowest BCUT2D eigenvalue weighted by molar-refractivity contribution is 0.0543. The van der Waals surface area contributed by atoms with Crippen molar-refractivity contribution >= 4 is 44.5 Å². The van der Waals surface area contributed by atoms with Gasteiger partial charge in [-0.15, -0.1) is 0 Å². The molecule has 4 aromatic carbocycles. The molecule has 0 saturated heterocycles. The first-order valence-corrected chi connectivity index (χ1v) is 20.9. The van der Waals surface area contributed by atoms with Gasteiger partial charge in [-0.2, -0.15) is 0 Å². The first kappa shape index (κ1) is 49.2. The number of ether oxygens (including phenoxy) is 4. The van der Waals surface area contributed by atoms with Gasteiger partial charge in [-0.3, -0.25) is 33.3 Å². The van der Waals surface area contributed by atoms with Gasteiger partial charge in [-0.25, -0.2) is 15.0 Å². The van der Waals surface area contributed by atoms with Gasteiger partial charge in [-0.1, -0.05) is 48.0 Å². The van der Waals surface area contributed by atoms with Crippen molar-refractivity contribution < 1.29 is 23.7 Å². The largest absolute Gasteiger partial charge is 0.497 e.